The average Bonchev–Trinajstić information content (AvgIpc) is 2.97. The lowest BCUT2D eigenvalue weighted by molar-refractivity contribution is -0.141. The van der Waals surface area contributed by atoms with E-state index in [1.165, 1.54) is 47.2 Å². The first-order valence-electron chi connectivity index (χ1n) is 14.3. The summed E-state index contributed by atoms with van der Waals surface area (Å²) in [6.45, 7) is 3.24. The number of anilines is 1. The zero-order valence-corrected chi connectivity index (χ0v) is 23.1. The third kappa shape index (κ3) is 5.57. The van der Waals surface area contributed by atoms with Crippen LogP contribution in [-0.4, -0.2) is 40.2 Å². The number of ether oxygens (including phenoxy) is 4. The molecule has 1 saturated carbocycles. The van der Waals surface area contributed by atoms with E-state index in [4.69, 9.17) is 18.9 Å². The Labute approximate surface area is 232 Å². The van der Waals surface area contributed by atoms with Crippen molar-refractivity contribution in [3.05, 3.63) is 95.1 Å². The van der Waals surface area contributed by atoms with Crippen LogP contribution < -0.4 is 14.4 Å². The van der Waals surface area contributed by atoms with Crippen LogP contribution >= 0.6 is 0 Å². The van der Waals surface area contributed by atoms with Crippen molar-refractivity contribution in [3.63, 3.8) is 0 Å². The SMILES string of the molecule is COC(OC)C1CCN(c2ccc(C3=C(C4CCC4)COc4cc(OCc5ccccc5)ccc43)cc2)CC1. The van der Waals surface area contributed by atoms with Gasteiger partial charge in [0.05, 0.1) is 0 Å². The molecule has 0 unspecified atom stereocenters. The fourth-order valence-corrected chi connectivity index (χ4v) is 6.23. The van der Waals surface area contributed by atoms with Gasteiger partial charge in [-0.05, 0) is 78.1 Å². The topological polar surface area (TPSA) is 40.2 Å². The van der Waals surface area contributed by atoms with Crippen LogP contribution in [0.1, 0.15) is 48.8 Å². The number of methoxy groups -OCH3 is 2. The monoisotopic (exact) mass is 525 g/mol. The van der Waals surface area contributed by atoms with Crippen LogP contribution in [0.15, 0.2) is 78.4 Å². The van der Waals surface area contributed by atoms with Crippen molar-refractivity contribution in [2.45, 2.75) is 45.0 Å². The van der Waals surface area contributed by atoms with E-state index in [0.717, 1.165) is 43.0 Å². The third-order valence-electron chi connectivity index (χ3n) is 8.68. The van der Waals surface area contributed by atoms with Crippen molar-refractivity contribution >= 4 is 11.3 Å². The minimum absolute atomic E-state index is 0.107. The Morgan fingerprint density at radius 1 is 0.872 bits per heavy atom. The van der Waals surface area contributed by atoms with Crippen molar-refractivity contribution in [3.8, 4) is 11.5 Å². The number of benzene rings is 3. The number of piperidine rings is 1. The number of nitrogens with zero attached hydrogens (tertiary/aromatic N) is 1. The van der Waals surface area contributed by atoms with E-state index in [1.807, 2.05) is 18.2 Å². The summed E-state index contributed by atoms with van der Waals surface area (Å²) in [5, 5.41) is 0. The Kier molecular flexibility index (Phi) is 7.89. The van der Waals surface area contributed by atoms with Crippen LogP contribution in [0, 0.1) is 11.8 Å². The van der Waals surface area contributed by atoms with Crippen LogP contribution in [0.4, 0.5) is 5.69 Å². The minimum Gasteiger partial charge on any atom is -0.489 e. The van der Waals surface area contributed by atoms with Gasteiger partial charge >= 0.3 is 0 Å². The summed E-state index contributed by atoms with van der Waals surface area (Å²) >= 11 is 0. The molecule has 3 aromatic rings. The van der Waals surface area contributed by atoms with E-state index in [-0.39, 0.29) is 6.29 Å². The van der Waals surface area contributed by atoms with Crippen molar-refractivity contribution in [2.75, 3.05) is 38.8 Å². The van der Waals surface area contributed by atoms with Gasteiger partial charge in [0, 0.05) is 50.5 Å². The molecule has 0 radical (unpaired) electrons. The predicted octanol–water partition coefficient (Wildman–Crippen LogP) is 7.10. The van der Waals surface area contributed by atoms with Crippen molar-refractivity contribution in [1.82, 2.24) is 0 Å². The second kappa shape index (κ2) is 11.8. The summed E-state index contributed by atoms with van der Waals surface area (Å²) in [6, 6.07) is 25.8. The summed E-state index contributed by atoms with van der Waals surface area (Å²) in [5.41, 5.74) is 7.69. The van der Waals surface area contributed by atoms with Gasteiger partial charge in [-0.3, -0.25) is 0 Å². The first kappa shape index (κ1) is 26.0. The van der Waals surface area contributed by atoms with E-state index in [9.17, 15) is 0 Å². The molecule has 39 heavy (non-hydrogen) atoms. The van der Waals surface area contributed by atoms with Crippen LogP contribution in [0.2, 0.25) is 0 Å². The molecule has 5 nitrogen and oxygen atoms in total. The fourth-order valence-electron chi connectivity index (χ4n) is 6.23. The Morgan fingerprint density at radius 2 is 1.62 bits per heavy atom. The maximum absolute atomic E-state index is 6.34. The maximum atomic E-state index is 6.34. The van der Waals surface area contributed by atoms with Crippen molar-refractivity contribution in [1.29, 1.82) is 0 Å². The Bertz CT molecular complexity index is 1270. The van der Waals surface area contributed by atoms with Gasteiger partial charge in [0.15, 0.2) is 6.29 Å². The highest BCUT2D eigenvalue weighted by Crippen LogP contribution is 2.46. The first-order valence-corrected chi connectivity index (χ1v) is 14.3. The van der Waals surface area contributed by atoms with Crippen molar-refractivity contribution < 1.29 is 18.9 Å². The highest BCUT2D eigenvalue weighted by Gasteiger charge is 2.31. The highest BCUT2D eigenvalue weighted by molar-refractivity contribution is 5.87. The zero-order chi connectivity index (χ0) is 26.6. The van der Waals surface area contributed by atoms with Crippen LogP contribution in [0.5, 0.6) is 11.5 Å². The van der Waals surface area contributed by atoms with Gasteiger partial charge in [0.25, 0.3) is 0 Å². The number of hydrogen-bond acceptors (Lipinski definition) is 5. The normalized spacial score (nSPS) is 18.1. The molecule has 0 aromatic heterocycles. The van der Waals surface area contributed by atoms with Crippen LogP contribution in [-0.2, 0) is 16.1 Å². The molecule has 3 aliphatic rings. The fraction of sp³-hybridized carbons (Fsp3) is 0.412. The Hall–Kier alpha value is -3.28. The van der Waals surface area contributed by atoms with Gasteiger partial charge in [-0.1, -0.05) is 48.9 Å². The molecule has 0 spiro atoms. The molecule has 2 fully saturated rings. The average molecular weight is 526 g/mol. The maximum Gasteiger partial charge on any atom is 0.159 e. The van der Waals surface area contributed by atoms with E-state index in [2.05, 4.69) is 59.5 Å². The lowest BCUT2D eigenvalue weighted by atomic mass is 9.75. The molecule has 0 bridgehead atoms. The van der Waals surface area contributed by atoms with Crippen LogP contribution in [0.3, 0.4) is 0 Å². The van der Waals surface area contributed by atoms with E-state index in [0.29, 0.717) is 25.0 Å². The number of rotatable bonds is 9. The zero-order valence-electron chi connectivity index (χ0n) is 23.1. The molecule has 3 aromatic carbocycles. The molecule has 0 N–H and O–H groups in total. The van der Waals surface area contributed by atoms with Gasteiger partial charge in [0.2, 0.25) is 0 Å². The summed E-state index contributed by atoms with van der Waals surface area (Å²) in [7, 11) is 3.47. The predicted molar refractivity (Wildman–Crippen MR) is 155 cm³/mol. The van der Waals surface area contributed by atoms with Gasteiger partial charge in [-0.25, -0.2) is 0 Å². The van der Waals surface area contributed by atoms with E-state index < -0.39 is 0 Å². The standard InChI is InChI=1S/C34H39NO4/c1-36-34(37-2)27-17-19-35(20-18-27)28-13-11-26(12-14-28)33-30-16-15-29(38-22-24-7-4-3-5-8-24)21-32(30)39-23-31(33)25-9-6-10-25/h3-5,7-8,11-16,21,25,27,34H,6,9-10,17-20,22-23H2,1-2H3. The van der Waals surface area contributed by atoms with E-state index >= 15 is 0 Å². The first-order chi connectivity index (χ1) is 19.2. The molecule has 6 rings (SSSR count). The summed E-state index contributed by atoms with van der Waals surface area (Å²) < 4.78 is 23.5. The molecule has 1 saturated heterocycles. The Balaban J connectivity index is 1.21. The molecule has 5 heteroatoms. The molecular formula is C34H39NO4. The summed E-state index contributed by atoms with van der Waals surface area (Å²) in [4.78, 5) is 2.48. The lowest BCUT2D eigenvalue weighted by Gasteiger charge is -2.36. The van der Waals surface area contributed by atoms with Gasteiger partial charge in [-0.15, -0.1) is 0 Å². The summed E-state index contributed by atoms with van der Waals surface area (Å²) in [5.74, 6) is 2.82. The highest BCUT2D eigenvalue weighted by atomic mass is 16.7. The van der Waals surface area contributed by atoms with Gasteiger partial charge < -0.3 is 23.8 Å². The van der Waals surface area contributed by atoms with Crippen molar-refractivity contribution in [2.24, 2.45) is 11.8 Å². The largest absolute Gasteiger partial charge is 0.489 e. The third-order valence-corrected chi connectivity index (χ3v) is 8.68. The van der Waals surface area contributed by atoms with Gasteiger partial charge in [0.1, 0.15) is 24.7 Å². The molecule has 2 aliphatic heterocycles. The second-order valence-corrected chi connectivity index (χ2v) is 11.0. The Morgan fingerprint density at radius 3 is 2.28 bits per heavy atom. The number of fused-ring (bicyclic) bond motifs is 1. The molecular weight excluding hydrogens is 486 g/mol. The number of hydrogen-bond donors (Lipinski definition) is 0. The smallest absolute Gasteiger partial charge is 0.159 e. The van der Waals surface area contributed by atoms with E-state index in [1.54, 1.807) is 14.2 Å². The summed E-state index contributed by atoms with van der Waals surface area (Å²) in [6.07, 6.45) is 5.86. The van der Waals surface area contributed by atoms with Crippen LogP contribution in [0.25, 0.3) is 5.57 Å². The lowest BCUT2D eigenvalue weighted by Crippen LogP contribution is -2.39. The molecule has 204 valence electrons. The van der Waals surface area contributed by atoms with Gasteiger partial charge in [-0.2, -0.15) is 0 Å². The molecule has 2 heterocycles. The molecule has 0 amide bonds. The minimum atomic E-state index is -0.107. The molecule has 1 aliphatic carbocycles. The second-order valence-electron chi connectivity index (χ2n) is 11.0. The molecule has 0 atom stereocenters. The quantitative estimate of drug-likeness (QED) is 0.279.